The van der Waals surface area contributed by atoms with Gasteiger partial charge >= 0.3 is 0 Å². The number of aromatic nitrogens is 2. The second-order valence-electron chi connectivity index (χ2n) is 4.79. The molecule has 1 aromatic heterocycles. The lowest BCUT2D eigenvalue weighted by atomic mass is 9.93. The number of nitrogen functional groups attached to an aromatic ring is 1. The van der Waals surface area contributed by atoms with Crippen LogP contribution in [-0.4, -0.2) is 35.6 Å². The Morgan fingerprint density at radius 3 is 2.84 bits per heavy atom. The van der Waals surface area contributed by atoms with Crippen molar-refractivity contribution in [3.63, 3.8) is 0 Å². The Labute approximate surface area is 111 Å². The lowest BCUT2D eigenvalue weighted by Gasteiger charge is -2.38. The molecule has 2 unspecified atom stereocenters. The number of nitrogens with two attached hydrogens (primary N) is 2. The van der Waals surface area contributed by atoms with E-state index in [0.29, 0.717) is 23.9 Å². The van der Waals surface area contributed by atoms with Crippen molar-refractivity contribution in [2.24, 2.45) is 11.7 Å². The Hall–Kier alpha value is -2.05. The van der Waals surface area contributed by atoms with Crippen molar-refractivity contribution in [2.75, 3.05) is 24.3 Å². The van der Waals surface area contributed by atoms with Crippen LogP contribution in [0, 0.1) is 5.92 Å². The van der Waals surface area contributed by atoms with E-state index in [9.17, 15) is 4.79 Å². The number of carbonyl (C=O) groups is 1. The average molecular weight is 265 g/mol. The molecule has 4 N–H and O–H groups in total. The predicted octanol–water partition coefficient (Wildman–Crippen LogP) is 0.158. The number of amides is 1. The molecule has 0 aromatic carbocycles. The Balaban J connectivity index is 2.33. The molecule has 104 valence electrons. The van der Waals surface area contributed by atoms with Gasteiger partial charge in [0.2, 0.25) is 11.7 Å². The smallest absolute Gasteiger partial charge is 0.222 e. The molecule has 2 rings (SSSR count). The van der Waals surface area contributed by atoms with Crippen LogP contribution < -0.4 is 21.1 Å². The number of carbonyl (C=O) groups excluding carboxylic acids is 1. The molecule has 1 saturated heterocycles. The summed E-state index contributed by atoms with van der Waals surface area (Å²) >= 11 is 0. The number of hydrogen-bond acceptors (Lipinski definition) is 6. The molecule has 0 radical (unpaired) electrons. The van der Waals surface area contributed by atoms with Gasteiger partial charge in [-0.3, -0.25) is 4.79 Å². The van der Waals surface area contributed by atoms with Crippen molar-refractivity contribution in [1.82, 2.24) is 9.97 Å². The summed E-state index contributed by atoms with van der Waals surface area (Å²) in [6.07, 6.45) is 3.07. The van der Waals surface area contributed by atoms with Crippen LogP contribution in [0.25, 0.3) is 0 Å². The predicted molar refractivity (Wildman–Crippen MR) is 71.7 cm³/mol. The van der Waals surface area contributed by atoms with Gasteiger partial charge < -0.3 is 21.1 Å². The molecule has 1 aromatic rings. The van der Waals surface area contributed by atoms with Gasteiger partial charge in [-0.05, 0) is 19.8 Å². The van der Waals surface area contributed by atoms with E-state index in [1.807, 2.05) is 4.90 Å². The first-order valence-corrected chi connectivity index (χ1v) is 6.25. The van der Waals surface area contributed by atoms with Crippen LogP contribution in [0.2, 0.25) is 0 Å². The maximum Gasteiger partial charge on any atom is 0.222 e. The monoisotopic (exact) mass is 265 g/mol. The number of primary amides is 1. The standard InChI is InChI=1S/C12H19N5O2/c1-7-3-4-8(11(14)18)5-17(7)12-9(19-2)10(13)15-6-16-12/h6-8H,3-5H2,1-2H3,(H2,14,18)(H2,13,15,16). The maximum atomic E-state index is 11.4. The van der Waals surface area contributed by atoms with E-state index in [4.69, 9.17) is 16.2 Å². The highest BCUT2D eigenvalue weighted by molar-refractivity contribution is 5.78. The van der Waals surface area contributed by atoms with Gasteiger partial charge in [0.05, 0.1) is 13.0 Å². The first kappa shape index (κ1) is 13.4. The first-order valence-electron chi connectivity index (χ1n) is 6.25. The molecular formula is C12H19N5O2. The van der Waals surface area contributed by atoms with E-state index in [0.717, 1.165) is 12.8 Å². The zero-order valence-electron chi connectivity index (χ0n) is 11.2. The lowest BCUT2D eigenvalue weighted by Crippen LogP contribution is -2.46. The Bertz CT molecular complexity index is 479. The van der Waals surface area contributed by atoms with Crippen molar-refractivity contribution in [1.29, 1.82) is 0 Å². The summed E-state index contributed by atoms with van der Waals surface area (Å²) in [4.78, 5) is 21.5. The minimum Gasteiger partial charge on any atom is -0.490 e. The number of nitrogens with zero attached hydrogens (tertiary/aromatic N) is 3. The number of methoxy groups -OCH3 is 1. The minimum atomic E-state index is -0.280. The Morgan fingerprint density at radius 1 is 1.47 bits per heavy atom. The summed E-state index contributed by atoms with van der Waals surface area (Å²) in [5.74, 6) is 0.906. The van der Waals surface area contributed by atoms with Crippen molar-refractivity contribution in [3.05, 3.63) is 6.33 Å². The van der Waals surface area contributed by atoms with Gasteiger partial charge in [0.1, 0.15) is 6.33 Å². The lowest BCUT2D eigenvalue weighted by molar-refractivity contribution is -0.122. The van der Waals surface area contributed by atoms with Crippen molar-refractivity contribution in [2.45, 2.75) is 25.8 Å². The quantitative estimate of drug-likeness (QED) is 0.806. The summed E-state index contributed by atoms with van der Waals surface area (Å²) in [6.45, 7) is 2.61. The molecule has 1 amide bonds. The van der Waals surface area contributed by atoms with Crippen LogP contribution in [-0.2, 0) is 4.79 Å². The molecule has 7 nitrogen and oxygen atoms in total. The summed E-state index contributed by atoms with van der Waals surface area (Å²) in [7, 11) is 1.53. The van der Waals surface area contributed by atoms with E-state index in [1.165, 1.54) is 13.4 Å². The molecule has 0 aliphatic carbocycles. The Morgan fingerprint density at radius 2 is 2.21 bits per heavy atom. The molecule has 1 aliphatic heterocycles. The van der Waals surface area contributed by atoms with Crippen LogP contribution in [0.5, 0.6) is 5.75 Å². The zero-order valence-corrected chi connectivity index (χ0v) is 11.2. The summed E-state index contributed by atoms with van der Waals surface area (Å²) in [6, 6.07) is 0.249. The van der Waals surface area contributed by atoms with Gasteiger partial charge in [-0.1, -0.05) is 0 Å². The second-order valence-corrected chi connectivity index (χ2v) is 4.79. The molecule has 1 fully saturated rings. The Kier molecular flexibility index (Phi) is 3.73. The van der Waals surface area contributed by atoms with E-state index in [2.05, 4.69) is 16.9 Å². The van der Waals surface area contributed by atoms with Gasteiger partial charge in [-0.25, -0.2) is 9.97 Å². The zero-order chi connectivity index (χ0) is 14.0. The molecule has 1 aliphatic rings. The van der Waals surface area contributed by atoms with Gasteiger partial charge in [-0.15, -0.1) is 0 Å². The summed E-state index contributed by atoms with van der Waals surface area (Å²) < 4.78 is 5.27. The average Bonchev–Trinajstić information content (AvgIpc) is 2.38. The van der Waals surface area contributed by atoms with E-state index < -0.39 is 0 Å². The molecule has 2 heterocycles. The normalized spacial score (nSPS) is 23.2. The van der Waals surface area contributed by atoms with E-state index >= 15 is 0 Å². The minimum absolute atomic E-state index is 0.169. The molecule has 7 heteroatoms. The third-order valence-corrected chi connectivity index (χ3v) is 3.57. The SMILES string of the molecule is COc1c(N)ncnc1N1CC(C(N)=O)CCC1C. The number of ether oxygens (including phenoxy) is 1. The number of anilines is 2. The third kappa shape index (κ3) is 2.54. The van der Waals surface area contributed by atoms with Crippen molar-refractivity contribution in [3.8, 4) is 5.75 Å². The van der Waals surface area contributed by atoms with Gasteiger partial charge in [0.25, 0.3) is 0 Å². The van der Waals surface area contributed by atoms with Crippen LogP contribution >= 0.6 is 0 Å². The van der Waals surface area contributed by atoms with Crippen LogP contribution in [0.1, 0.15) is 19.8 Å². The van der Waals surface area contributed by atoms with E-state index in [1.54, 1.807) is 0 Å². The fourth-order valence-corrected chi connectivity index (χ4v) is 2.41. The highest BCUT2D eigenvalue weighted by Gasteiger charge is 2.31. The summed E-state index contributed by atoms with van der Waals surface area (Å²) in [5.41, 5.74) is 11.2. The van der Waals surface area contributed by atoms with Gasteiger partial charge in [-0.2, -0.15) is 0 Å². The van der Waals surface area contributed by atoms with Crippen molar-refractivity contribution >= 4 is 17.5 Å². The third-order valence-electron chi connectivity index (χ3n) is 3.57. The van der Waals surface area contributed by atoms with E-state index in [-0.39, 0.29) is 17.9 Å². The first-order chi connectivity index (χ1) is 9.04. The molecule has 0 saturated carbocycles. The summed E-state index contributed by atoms with van der Waals surface area (Å²) in [5, 5.41) is 0. The topological polar surface area (TPSA) is 107 Å². The molecule has 0 bridgehead atoms. The molecular weight excluding hydrogens is 246 g/mol. The molecule has 19 heavy (non-hydrogen) atoms. The van der Waals surface area contributed by atoms with Gasteiger partial charge in [0, 0.05) is 12.6 Å². The number of hydrogen-bond donors (Lipinski definition) is 2. The molecule has 0 spiro atoms. The maximum absolute atomic E-state index is 11.4. The van der Waals surface area contributed by atoms with Gasteiger partial charge in [0.15, 0.2) is 11.6 Å². The number of rotatable bonds is 3. The fourth-order valence-electron chi connectivity index (χ4n) is 2.41. The fraction of sp³-hybridized carbons (Fsp3) is 0.583. The molecule has 2 atom stereocenters. The van der Waals surface area contributed by atoms with Crippen LogP contribution in [0.4, 0.5) is 11.6 Å². The largest absolute Gasteiger partial charge is 0.490 e. The highest BCUT2D eigenvalue weighted by atomic mass is 16.5. The highest BCUT2D eigenvalue weighted by Crippen LogP contribution is 2.34. The number of piperidine rings is 1. The van der Waals surface area contributed by atoms with Crippen LogP contribution in [0.3, 0.4) is 0 Å². The van der Waals surface area contributed by atoms with Crippen LogP contribution in [0.15, 0.2) is 6.33 Å². The second kappa shape index (κ2) is 5.29. The van der Waals surface area contributed by atoms with Crippen molar-refractivity contribution < 1.29 is 9.53 Å².